The van der Waals surface area contributed by atoms with E-state index in [-0.39, 0.29) is 0 Å². The zero-order valence-corrected chi connectivity index (χ0v) is 14.4. The van der Waals surface area contributed by atoms with Gasteiger partial charge in [0, 0.05) is 18.8 Å². The third-order valence-corrected chi connectivity index (χ3v) is 4.32. The maximum Gasteiger partial charge on any atom is 0.213 e. The van der Waals surface area contributed by atoms with Crippen LogP contribution in [0.15, 0.2) is 23.3 Å². The number of hydrogen-bond donors (Lipinski definition) is 2. The predicted molar refractivity (Wildman–Crippen MR) is 94.5 cm³/mol. The van der Waals surface area contributed by atoms with Gasteiger partial charge in [0.15, 0.2) is 5.96 Å². The molecule has 0 aromatic carbocycles. The number of pyridine rings is 1. The fourth-order valence-electron chi connectivity index (χ4n) is 2.76. The van der Waals surface area contributed by atoms with Crippen molar-refractivity contribution in [1.82, 2.24) is 10.3 Å². The lowest BCUT2D eigenvalue weighted by Crippen LogP contribution is -2.32. The molecular formula is C18H30N4O. The summed E-state index contributed by atoms with van der Waals surface area (Å²) in [6.45, 7) is 5.88. The second kappa shape index (κ2) is 9.38. The summed E-state index contributed by atoms with van der Waals surface area (Å²) in [5.74, 6) is 2.03. The van der Waals surface area contributed by atoms with Gasteiger partial charge in [-0.05, 0) is 49.7 Å². The minimum Gasteiger partial charge on any atom is -0.474 e. The Bertz CT molecular complexity index is 496. The maximum absolute atomic E-state index is 6.02. The number of ether oxygens (including phenoxy) is 1. The van der Waals surface area contributed by atoms with Gasteiger partial charge in [-0.25, -0.2) is 9.98 Å². The van der Waals surface area contributed by atoms with Crippen LogP contribution in [0.3, 0.4) is 0 Å². The van der Waals surface area contributed by atoms with Gasteiger partial charge in [0.2, 0.25) is 5.88 Å². The third-order valence-electron chi connectivity index (χ3n) is 4.32. The first kappa shape index (κ1) is 17.6. The number of nitrogens with two attached hydrogens (primary N) is 1. The molecule has 0 amide bonds. The topological polar surface area (TPSA) is 72.5 Å². The molecule has 1 saturated carbocycles. The number of aliphatic imine (C=N–C) groups is 1. The summed E-state index contributed by atoms with van der Waals surface area (Å²) < 4.78 is 6.02. The molecule has 0 atom stereocenters. The van der Waals surface area contributed by atoms with Gasteiger partial charge in [0.1, 0.15) is 6.10 Å². The molecule has 1 aromatic heterocycles. The molecule has 23 heavy (non-hydrogen) atoms. The van der Waals surface area contributed by atoms with Crippen molar-refractivity contribution in [3.63, 3.8) is 0 Å². The fraction of sp³-hybridized carbons (Fsp3) is 0.667. The molecule has 0 bridgehead atoms. The summed E-state index contributed by atoms with van der Waals surface area (Å²) in [6, 6.07) is 3.93. The molecule has 1 aromatic rings. The van der Waals surface area contributed by atoms with Crippen molar-refractivity contribution in [2.45, 2.75) is 65.0 Å². The van der Waals surface area contributed by atoms with Gasteiger partial charge in [0.05, 0.1) is 6.54 Å². The van der Waals surface area contributed by atoms with Crippen LogP contribution in [0.5, 0.6) is 5.88 Å². The summed E-state index contributed by atoms with van der Waals surface area (Å²) in [6.07, 6.45) is 9.07. The molecule has 1 aliphatic carbocycles. The molecule has 0 aliphatic heterocycles. The van der Waals surface area contributed by atoms with Crippen LogP contribution < -0.4 is 15.8 Å². The standard InChI is InChI=1S/C18H30N4O/c1-3-4-10-21-18(19)22-13-15-9-11-20-17(12-15)23-16-7-5-14(2)6-8-16/h9,11-12,14,16H,3-8,10,13H2,1-2H3,(H3,19,21,22). The Balaban J connectivity index is 1.83. The van der Waals surface area contributed by atoms with Crippen molar-refractivity contribution >= 4 is 5.96 Å². The SMILES string of the molecule is CCCCNC(N)=NCc1ccnc(OC2CCC(C)CC2)c1. The monoisotopic (exact) mass is 318 g/mol. The molecule has 128 valence electrons. The van der Waals surface area contributed by atoms with E-state index >= 15 is 0 Å². The van der Waals surface area contributed by atoms with E-state index in [1.807, 2.05) is 12.1 Å². The normalized spacial score (nSPS) is 21.9. The molecule has 1 heterocycles. The average molecular weight is 318 g/mol. The minimum absolute atomic E-state index is 0.304. The largest absolute Gasteiger partial charge is 0.474 e. The number of guanidine groups is 1. The lowest BCUT2D eigenvalue weighted by atomic mass is 9.89. The van der Waals surface area contributed by atoms with Gasteiger partial charge < -0.3 is 15.8 Å². The van der Waals surface area contributed by atoms with E-state index in [9.17, 15) is 0 Å². The van der Waals surface area contributed by atoms with Crippen molar-refractivity contribution in [1.29, 1.82) is 0 Å². The second-order valence-electron chi connectivity index (χ2n) is 6.48. The number of rotatable bonds is 7. The maximum atomic E-state index is 6.02. The molecule has 1 fully saturated rings. The number of unbranched alkanes of at least 4 members (excludes halogenated alkanes) is 1. The Morgan fingerprint density at radius 1 is 1.39 bits per heavy atom. The van der Waals surface area contributed by atoms with Gasteiger partial charge >= 0.3 is 0 Å². The summed E-state index contributed by atoms with van der Waals surface area (Å²) in [5.41, 5.74) is 6.92. The molecule has 1 aliphatic rings. The van der Waals surface area contributed by atoms with E-state index in [0.717, 1.165) is 43.7 Å². The minimum atomic E-state index is 0.304. The molecule has 5 heteroatoms. The molecule has 2 rings (SSSR count). The second-order valence-corrected chi connectivity index (χ2v) is 6.48. The average Bonchev–Trinajstić information content (AvgIpc) is 2.56. The molecule has 3 N–H and O–H groups in total. The Hall–Kier alpha value is -1.78. The lowest BCUT2D eigenvalue weighted by molar-refractivity contribution is 0.130. The zero-order chi connectivity index (χ0) is 16.5. The van der Waals surface area contributed by atoms with Gasteiger partial charge in [-0.3, -0.25) is 0 Å². The van der Waals surface area contributed by atoms with Gasteiger partial charge in [-0.1, -0.05) is 20.3 Å². The smallest absolute Gasteiger partial charge is 0.213 e. The quantitative estimate of drug-likeness (QED) is 0.460. The van der Waals surface area contributed by atoms with Gasteiger partial charge in [-0.2, -0.15) is 0 Å². The number of hydrogen-bond acceptors (Lipinski definition) is 3. The van der Waals surface area contributed by atoms with Gasteiger partial charge in [0.25, 0.3) is 0 Å². The Labute approximate surface area is 139 Å². The Morgan fingerprint density at radius 2 is 2.17 bits per heavy atom. The van der Waals surface area contributed by atoms with Crippen LogP contribution in [0.1, 0.15) is 57.9 Å². The van der Waals surface area contributed by atoms with Crippen molar-refractivity contribution in [2.24, 2.45) is 16.6 Å². The third kappa shape index (κ3) is 6.47. The molecule has 0 radical (unpaired) electrons. The number of nitrogens with one attached hydrogen (secondary N) is 1. The van der Waals surface area contributed by atoms with Crippen LogP contribution in [0.2, 0.25) is 0 Å². The summed E-state index contributed by atoms with van der Waals surface area (Å²) in [7, 11) is 0. The summed E-state index contributed by atoms with van der Waals surface area (Å²) in [5, 5.41) is 3.12. The van der Waals surface area contributed by atoms with Crippen LogP contribution in [0.25, 0.3) is 0 Å². The highest BCUT2D eigenvalue weighted by Crippen LogP contribution is 2.26. The van der Waals surface area contributed by atoms with Crippen LogP contribution in [-0.4, -0.2) is 23.6 Å². The Morgan fingerprint density at radius 3 is 2.91 bits per heavy atom. The van der Waals surface area contributed by atoms with Crippen LogP contribution in [0, 0.1) is 5.92 Å². The summed E-state index contributed by atoms with van der Waals surface area (Å²) >= 11 is 0. The van der Waals surface area contributed by atoms with Crippen molar-refractivity contribution < 1.29 is 4.74 Å². The van der Waals surface area contributed by atoms with Crippen LogP contribution in [0.4, 0.5) is 0 Å². The van der Waals surface area contributed by atoms with E-state index < -0.39 is 0 Å². The lowest BCUT2D eigenvalue weighted by Gasteiger charge is -2.26. The van der Waals surface area contributed by atoms with Crippen LogP contribution in [-0.2, 0) is 6.54 Å². The van der Waals surface area contributed by atoms with Crippen LogP contribution >= 0.6 is 0 Å². The molecule has 5 nitrogen and oxygen atoms in total. The number of nitrogens with zero attached hydrogens (tertiary/aromatic N) is 2. The highest BCUT2D eigenvalue weighted by molar-refractivity contribution is 5.77. The fourth-order valence-corrected chi connectivity index (χ4v) is 2.76. The van der Waals surface area contributed by atoms with Crippen molar-refractivity contribution in [2.75, 3.05) is 6.54 Å². The van der Waals surface area contributed by atoms with Crippen molar-refractivity contribution in [3.05, 3.63) is 23.9 Å². The predicted octanol–water partition coefficient (Wildman–Crippen LogP) is 3.24. The number of aromatic nitrogens is 1. The van der Waals surface area contributed by atoms with E-state index in [1.54, 1.807) is 6.20 Å². The highest BCUT2D eigenvalue weighted by Gasteiger charge is 2.19. The highest BCUT2D eigenvalue weighted by atomic mass is 16.5. The molecule has 0 saturated heterocycles. The molecule has 0 unspecified atom stereocenters. The summed E-state index contributed by atoms with van der Waals surface area (Å²) in [4.78, 5) is 8.69. The first-order valence-electron chi connectivity index (χ1n) is 8.82. The first-order valence-corrected chi connectivity index (χ1v) is 8.82. The van der Waals surface area contributed by atoms with E-state index in [0.29, 0.717) is 24.5 Å². The van der Waals surface area contributed by atoms with E-state index in [2.05, 4.69) is 29.1 Å². The Kier molecular flexibility index (Phi) is 7.17. The molecular weight excluding hydrogens is 288 g/mol. The van der Waals surface area contributed by atoms with E-state index in [4.69, 9.17) is 10.5 Å². The van der Waals surface area contributed by atoms with E-state index in [1.165, 1.54) is 12.8 Å². The van der Waals surface area contributed by atoms with Crippen molar-refractivity contribution in [3.8, 4) is 5.88 Å². The zero-order valence-electron chi connectivity index (χ0n) is 14.4. The first-order chi connectivity index (χ1) is 11.2. The molecule has 0 spiro atoms. The van der Waals surface area contributed by atoms with Gasteiger partial charge in [-0.15, -0.1) is 0 Å².